The highest BCUT2D eigenvalue weighted by molar-refractivity contribution is 8.05. The molecule has 7 aliphatic heterocycles. The van der Waals surface area contributed by atoms with Gasteiger partial charge in [0, 0.05) is 154 Å². The van der Waals surface area contributed by atoms with E-state index in [1.807, 2.05) is 122 Å². The van der Waals surface area contributed by atoms with E-state index >= 15 is 0 Å². The Hall–Kier alpha value is -8.65. The van der Waals surface area contributed by atoms with Crippen LogP contribution < -0.4 is 14.2 Å². The molecule has 7 aromatic carbocycles. The summed E-state index contributed by atoms with van der Waals surface area (Å²) in [7, 11) is 0. The van der Waals surface area contributed by atoms with Crippen LogP contribution in [0, 0.1) is 6.92 Å². The van der Waals surface area contributed by atoms with Crippen molar-refractivity contribution in [1.29, 1.82) is 0 Å². The second kappa shape index (κ2) is 35.3. The van der Waals surface area contributed by atoms with E-state index in [1.54, 1.807) is 30.3 Å². The molecule has 17 rings (SSSR count). The molecule has 3 N–H and O–H groups in total. The van der Waals surface area contributed by atoms with E-state index in [0.29, 0.717) is 104 Å². The summed E-state index contributed by atoms with van der Waals surface area (Å²) in [6, 6.07) is 54.7. The van der Waals surface area contributed by atoms with Gasteiger partial charge in [0.25, 0.3) is 0 Å². The van der Waals surface area contributed by atoms with Crippen molar-refractivity contribution in [3.8, 4) is 28.4 Å². The number of aryl methyl sites for hydroxylation is 1. The normalized spacial score (nSPS) is 20.8. The zero-order valence-corrected chi connectivity index (χ0v) is 70.4. The Morgan fingerprint density at radius 2 is 0.752 bits per heavy atom. The number of ketones is 6. The van der Waals surface area contributed by atoms with Crippen molar-refractivity contribution in [3.05, 3.63) is 235 Å². The molecule has 614 valence electrons. The minimum Gasteiger partial charge on any atom is -0.491 e. The lowest BCUT2D eigenvalue weighted by molar-refractivity contribution is -0.112. The van der Waals surface area contributed by atoms with Crippen molar-refractivity contribution < 1.29 is 72.5 Å². The van der Waals surface area contributed by atoms with Gasteiger partial charge in [-0.25, -0.2) is 0 Å². The second-order valence-corrected chi connectivity index (χ2v) is 37.7. The minimum absolute atomic E-state index is 0.0841. The van der Waals surface area contributed by atoms with Gasteiger partial charge in [0.2, 0.25) is 34.7 Å². The summed E-state index contributed by atoms with van der Waals surface area (Å²) in [5.74, 6) is 3.34. The van der Waals surface area contributed by atoms with Gasteiger partial charge in [0.15, 0.2) is 0 Å². The minimum atomic E-state index is -0.609. The number of carbonyl (C=O) groups excluding carboxylic acids is 6. The lowest BCUT2D eigenvalue weighted by Crippen LogP contribution is -2.54. The summed E-state index contributed by atoms with van der Waals surface area (Å²) in [6.45, 7) is 24.6. The van der Waals surface area contributed by atoms with Gasteiger partial charge in [0.1, 0.15) is 104 Å². The number of carbonyl (C=O) groups is 6. The Kier molecular flexibility index (Phi) is 25.2. The van der Waals surface area contributed by atoms with E-state index in [-0.39, 0.29) is 35.2 Å². The fourth-order valence-electron chi connectivity index (χ4n) is 17.1. The van der Waals surface area contributed by atoms with Crippen LogP contribution in [0.4, 0.5) is 0 Å². The molecular weight excluding hydrogens is 1530 g/mol. The summed E-state index contributed by atoms with van der Waals surface area (Å²) in [4.78, 5) is 87.1. The number of thioether (sulfide) groups is 3. The smallest absolute Gasteiger partial charge is 0.243 e. The zero-order valence-electron chi connectivity index (χ0n) is 67.9. The quantitative estimate of drug-likeness (QED) is 0.0719. The van der Waals surface area contributed by atoms with Crippen LogP contribution in [0.2, 0.25) is 0 Å². The van der Waals surface area contributed by atoms with Crippen LogP contribution in [-0.2, 0) is 39.4 Å². The van der Waals surface area contributed by atoms with E-state index in [1.165, 1.54) is 46.4 Å². The Bertz CT molecular complexity index is 4960. The maximum absolute atomic E-state index is 13.0. The maximum Gasteiger partial charge on any atom is 0.243 e. The first-order valence-corrected chi connectivity index (χ1v) is 44.1. The highest BCUT2D eigenvalue weighted by atomic mass is 32.2. The number of β-amino-alcohol motifs (C(OH)–C–C–N with tert-alkyl or cyclic N) is 3. The summed E-state index contributed by atoms with van der Waals surface area (Å²) >= 11 is 4.40. The highest BCUT2D eigenvalue weighted by Gasteiger charge is 2.50. The number of allylic oxidation sites excluding steroid dienone is 3. The van der Waals surface area contributed by atoms with Crippen molar-refractivity contribution in [2.75, 3.05) is 109 Å². The molecule has 0 radical (unpaired) electrons. The summed E-state index contributed by atoms with van der Waals surface area (Å²) in [6.07, 6.45) is 5.43. The van der Waals surface area contributed by atoms with Gasteiger partial charge in [0.05, 0.1) is 0 Å². The largest absolute Gasteiger partial charge is 0.491 e. The van der Waals surface area contributed by atoms with Crippen LogP contribution >= 0.6 is 35.3 Å². The molecule has 3 atom stereocenters. The zero-order chi connectivity index (χ0) is 82.0. The molecular formula is C95H106N4O15S3. The number of Topliss-reactive ketones (excluding diaryl/α,β-unsaturated/α-hetero) is 6. The lowest BCUT2D eigenvalue weighted by atomic mass is 9.87. The number of aliphatic hydroxyl groups excluding tert-OH is 3. The molecule has 0 saturated carbocycles. The Balaban J connectivity index is 0.000000139. The maximum atomic E-state index is 13.0. The standard InChI is InChI=1S/C35H37NO5S.C34H42N2O5S.C26H27NO5S/c1-34(2,3)25-10-12-27(13-11-25)40-21-26(37)20-36-17-15-35(16-18-36)22-42-33-31(39)30(38)28-14-9-24(19-29(28)32(33)41-35)23-7-5-4-6-8-23;1-33(2,3)23-8-10-26(11-9-23)40-21-25(37)20-35-16-12-24(13-17-35)36-18-14-34(15-19-36)22-42-32-30(39)29(38)27-6-4-5-7-28(27)31(32)41-34;1-17-6-2-5-9-21(17)31-15-18(28)14-27-12-10-26(11-13-27)16-33-25-23(30)22(29)19-7-3-4-8-20(19)24(25)32-26/h4-14,19,26,37H,15-18,20-22H2,1-3H3;4-11,24-25,37H,12-22H2,1-3H3;2-9,18,28H,10-16H2,1H3/t26-;25-;18-/m100/s1. The molecule has 4 fully saturated rings. The van der Waals surface area contributed by atoms with Gasteiger partial charge < -0.3 is 58.4 Å². The van der Waals surface area contributed by atoms with Crippen LogP contribution in [-0.4, -0.2) is 220 Å². The SMILES string of the molecule is CC(C)(C)c1ccc(OC[C@@H](O)CN2CCC(N3CCC4(CC3)CSC3=C(O4)c4ccccc4C(=O)C3=O)CC2)cc1.CC(C)(C)c1ccc(OC[C@H](O)CN2CCC3(CC2)CSC2=C(O3)c3cc(-c4ccccc4)ccc3C(=O)C2=O)cc1.Cc1ccccc1OC[C@@H](O)CN1CCC2(CC1)CSC1=C(O2)c2ccccc2C(=O)C1=O. The summed E-state index contributed by atoms with van der Waals surface area (Å²) in [5.41, 5.74) is 8.15. The molecule has 3 aliphatic carbocycles. The summed E-state index contributed by atoms with van der Waals surface area (Å²) in [5, 5.41) is 31.8. The number of piperidine rings is 4. The van der Waals surface area contributed by atoms with Crippen LogP contribution in [0.15, 0.2) is 185 Å². The second-order valence-electron chi connectivity index (χ2n) is 34.8. The van der Waals surface area contributed by atoms with Gasteiger partial charge in [-0.05, 0) is 114 Å². The van der Waals surface area contributed by atoms with Crippen molar-refractivity contribution in [2.45, 2.75) is 152 Å². The number of fused-ring (bicyclic) bond motifs is 6. The molecule has 7 heterocycles. The van der Waals surface area contributed by atoms with Crippen LogP contribution in [0.5, 0.6) is 17.2 Å². The third kappa shape index (κ3) is 18.9. The average molecular weight is 1640 g/mol. The first-order valence-electron chi connectivity index (χ1n) is 41.1. The molecule has 22 heteroatoms. The number of para-hydroxylation sites is 1. The van der Waals surface area contributed by atoms with Crippen LogP contribution in [0.25, 0.3) is 28.4 Å². The molecule has 117 heavy (non-hydrogen) atoms. The number of ether oxygens (including phenoxy) is 6. The van der Waals surface area contributed by atoms with Crippen LogP contribution in [0.3, 0.4) is 0 Å². The predicted octanol–water partition coefficient (Wildman–Crippen LogP) is 14.5. The molecule has 0 unspecified atom stereocenters. The van der Waals surface area contributed by atoms with E-state index in [9.17, 15) is 44.1 Å². The lowest BCUT2D eigenvalue weighted by Gasteiger charge is -2.48. The Morgan fingerprint density at radius 3 is 1.17 bits per heavy atom. The molecule has 19 nitrogen and oxygen atoms in total. The number of rotatable bonds is 17. The summed E-state index contributed by atoms with van der Waals surface area (Å²) < 4.78 is 37.4. The predicted molar refractivity (Wildman–Crippen MR) is 460 cm³/mol. The third-order valence-electron chi connectivity index (χ3n) is 24.3. The Morgan fingerprint density at radius 1 is 0.393 bits per heavy atom. The molecule has 7 aromatic rings. The van der Waals surface area contributed by atoms with Gasteiger partial charge in [-0.1, -0.05) is 169 Å². The fraction of sp³-hybridized carbons (Fsp3) is 0.432. The van der Waals surface area contributed by atoms with Crippen LogP contribution in [0.1, 0.15) is 157 Å². The van der Waals surface area contributed by atoms with Crippen molar-refractivity contribution in [1.82, 2.24) is 19.6 Å². The Labute approximate surface area is 698 Å². The molecule has 3 spiro atoms. The fourth-order valence-corrected chi connectivity index (χ4v) is 20.9. The average Bonchev–Trinajstić information content (AvgIpc) is 0.750. The van der Waals surface area contributed by atoms with Gasteiger partial charge in [-0.3, -0.25) is 33.7 Å². The van der Waals surface area contributed by atoms with E-state index in [2.05, 4.69) is 85.4 Å². The number of hydrogen-bond donors (Lipinski definition) is 3. The van der Waals surface area contributed by atoms with E-state index in [4.69, 9.17) is 28.4 Å². The van der Waals surface area contributed by atoms with E-state index in [0.717, 1.165) is 149 Å². The number of nitrogens with zero attached hydrogens (tertiary/aromatic N) is 4. The number of benzene rings is 7. The molecule has 4 saturated heterocycles. The number of hydrogen-bond acceptors (Lipinski definition) is 22. The first-order chi connectivity index (χ1) is 56.2. The van der Waals surface area contributed by atoms with Crippen molar-refractivity contribution >= 4 is 87.3 Å². The molecule has 0 aromatic heterocycles. The molecule has 0 bridgehead atoms. The van der Waals surface area contributed by atoms with Gasteiger partial charge >= 0.3 is 0 Å². The van der Waals surface area contributed by atoms with Crippen molar-refractivity contribution in [3.63, 3.8) is 0 Å². The van der Waals surface area contributed by atoms with E-state index < -0.39 is 58.6 Å². The number of aliphatic hydroxyl groups is 3. The van der Waals surface area contributed by atoms with Gasteiger partial charge in [-0.2, -0.15) is 0 Å². The number of likely N-dealkylation sites (tertiary alicyclic amines) is 4. The van der Waals surface area contributed by atoms with Gasteiger partial charge in [-0.15, -0.1) is 35.3 Å². The monoisotopic (exact) mass is 1640 g/mol. The molecule has 0 amide bonds. The third-order valence-corrected chi connectivity index (χ3v) is 28.3. The molecule has 10 aliphatic rings. The highest BCUT2D eigenvalue weighted by Crippen LogP contribution is 2.52. The first kappa shape index (κ1) is 83.4. The topological polar surface area (TPSA) is 231 Å². The van der Waals surface area contributed by atoms with Crippen molar-refractivity contribution in [2.24, 2.45) is 0 Å².